The Morgan fingerprint density at radius 1 is 1.00 bits per heavy atom. The van der Waals surface area contributed by atoms with Crippen molar-refractivity contribution in [1.82, 2.24) is 5.32 Å². The van der Waals surface area contributed by atoms with E-state index in [-0.39, 0.29) is 6.04 Å². The van der Waals surface area contributed by atoms with Crippen LogP contribution in [0.4, 0.5) is 0 Å². The van der Waals surface area contributed by atoms with Crippen LogP contribution in [-0.4, -0.2) is 0 Å². The van der Waals surface area contributed by atoms with Crippen LogP contribution in [0, 0.1) is 20.8 Å². The average molecular weight is 257 g/mol. The van der Waals surface area contributed by atoms with Crippen LogP contribution in [0.5, 0.6) is 0 Å². The number of benzene rings is 1. The Kier molecular flexibility index (Phi) is 4.11. The molecule has 19 heavy (non-hydrogen) atoms. The molecule has 2 heteroatoms. The summed E-state index contributed by atoms with van der Waals surface area (Å²) in [4.78, 5) is 0. The van der Waals surface area contributed by atoms with Gasteiger partial charge in [-0.15, -0.1) is 0 Å². The van der Waals surface area contributed by atoms with Crippen molar-refractivity contribution in [3.63, 3.8) is 0 Å². The van der Waals surface area contributed by atoms with Gasteiger partial charge in [-0.1, -0.05) is 29.8 Å². The van der Waals surface area contributed by atoms with Crippen LogP contribution in [0.2, 0.25) is 0 Å². The molecule has 2 aromatic rings. The zero-order valence-corrected chi connectivity index (χ0v) is 12.4. The van der Waals surface area contributed by atoms with Crippen molar-refractivity contribution in [3.05, 3.63) is 58.5 Å². The Morgan fingerprint density at radius 3 is 2.32 bits per heavy atom. The van der Waals surface area contributed by atoms with Gasteiger partial charge in [-0.25, -0.2) is 0 Å². The normalized spacial score (nSPS) is 14.4. The highest BCUT2D eigenvalue weighted by atomic mass is 16.3. The van der Waals surface area contributed by atoms with E-state index >= 15 is 0 Å². The Hall–Kier alpha value is -1.54. The Bertz CT molecular complexity index is 556. The highest BCUT2D eigenvalue weighted by Crippen LogP contribution is 2.24. The van der Waals surface area contributed by atoms with E-state index in [4.69, 9.17) is 4.42 Å². The van der Waals surface area contributed by atoms with E-state index in [1.165, 1.54) is 16.7 Å². The van der Waals surface area contributed by atoms with Gasteiger partial charge >= 0.3 is 0 Å². The molecule has 102 valence electrons. The summed E-state index contributed by atoms with van der Waals surface area (Å²) in [6.07, 6.45) is 0. The molecule has 0 aliphatic carbocycles. The lowest BCUT2D eigenvalue weighted by Crippen LogP contribution is -2.22. The SMILES string of the molecule is Cc1cccc([C@@H](C)NC(C)c2cc(C)oc2C)c1. The van der Waals surface area contributed by atoms with Crippen LogP contribution in [0.15, 0.2) is 34.7 Å². The molecule has 0 spiro atoms. The summed E-state index contributed by atoms with van der Waals surface area (Å²) in [6, 6.07) is 11.4. The summed E-state index contributed by atoms with van der Waals surface area (Å²) in [5.41, 5.74) is 3.87. The molecule has 1 N–H and O–H groups in total. The second kappa shape index (κ2) is 5.62. The van der Waals surface area contributed by atoms with Gasteiger partial charge in [0.1, 0.15) is 11.5 Å². The first-order valence-corrected chi connectivity index (χ1v) is 6.87. The van der Waals surface area contributed by atoms with Crippen molar-refractivity contribution in [3.8, 4) is 0 Å². The fourth-order valence-corrected chi connectivity index (χ4v) is 2.58. The maximum atomic E-state index is 5.60. The first-order chi connectivity index (χ1) is 8.97. The molecule has 0 radical (unpaired) electrons. The molecule has 0 bridgehead atoms. The van der Waals surface area contributed by atoms with Crippen LogP contribution in [0.25, 0.3) is 0 Å². The number of aryl methyl sites for hydroxylation is 3. The van der Waals surface area contributed by atoms with E-state index in [2.05, 4.69) is 56.4 Å². The zero-order chi connectivity index (χ0) is 14.0. The molecule has 0 saturated carbocycles. The van der Waals surface area contributed by atoms with Crippen molar-refractivity contribution in [2.45, 2.75) is 46.7 Å². The van der Waals surface area contributed by atoms with Crippen LogP contribution in [0.3, 0.4) is 0 Å². The molecule has 0 aliphatic rings. The molecule has 0 aliphatic heterocycles. The largest absolute Gasteiger partial charge is 0.466 e. The van der Waals surface area contributed by atoms with Crippen molar-refractivity contribution in [2.24, 2.45) is 0 Å². The first kappa shape index (κ1) is 13.9. The van der Waals surface area contributed by atoms with Crippen LogP contribution >= 0.6 is 0 Å². The minimum atomic E-state index is 0.285. The molecule has 0 fully saturated rings. The third kappa shape index (κ3) is 3.27. The van der Waals surface area contributed by atoms with Crippen LogP contribution in [0.1, 0.15) is 54.1 Å². The number of hydrogen-bond acceptors (Lipinski definition) is 2. The minimum Gasteiger partial charge on any atom is -0.466 e. The topological polar surface area (TPSA) is 25.2 Å². The summed E-state index contributed by atoms with van der Waals surface area (Å²) < 4.78 is 5.60. The number of rotatable bonds is 4. The van der Waals surface area contributed by atoms with Gasteiger partial charge in [-0.2, -0.15) is 0 Å². The summed E-state index contributed by atoms with van der Waals surface area (Å²) in [6.45, 7) is 10.5. The monoisotopic (exact) mass is 257 g/mol. The molecule has 1 unspecified atom stereocenters. The fraction of sp³-hybridized carbons (Fsp3) is 0.412. The highest BCUT2D eigenvalue weighted by molar-refractivity contribution is 5.27. The fourth-order valence-electron chi connectivity index (χ4n) is 2.58. The Labute approximate surface area is 115 Å². The predicted molar refractivity (Wildman–Crippen MR) is 79.3 cm³/mol. The van der Waals surface area contributed by atoms with E-state index in [1.807, 2.05) is 13.8 Å². The van der Waals surface area contributed by atoms with E-state index < -0.39 is 0 Å². The lowest BCUT2D eigenvalue weighted by Gasteiger charge is -2.20. The number of furan rings is 1. The van der Waals surface area contributed by atoms with Gasteiger partial charge in [-0.3, -0.25) is 0 Å². The predicted octanol–water partition coefficient (Wildman–Crippen LogP) is 4.62. The first-order valence-electron chi connectivity index (χ1n) is 6.87. The molecule has 1 heterocycles. The maximum Gasteiger partial charge on any atom is 0.105 e. The van der Waals surface area contributed by atoms with Gasteiger partial charge in [0, 0.05) is 17.6 Å². The smallest absolute Gasteiger partial charge is 0.105 e. The number of hydrogen-bond donors (Lipinski definition) is 1. The summed E-state index contributed by atoms with van der Waals surface area (Å²) in [5, 5.41) is 3.63. The van der Waals surface area contributed by atoms with Gasteiger partial charge in [0.05, 0.1) is 0 Å². The average Bonchev–Trinajstić information content (AvgIpc) is 2.68. The summed E-state index contributed by atoms with van der Waals surface area (Å²) in [7, 11) is 0. The van der Waals surface area contributed by atoms with Gasteiger partial charge in [0.25, 0.3) is 0 Å². The van der Waals surface area contributed by atoms with Crippen molar-refractivity contribution < 1.29 is 4.42 Å². The highest BCUT2D eigenvalue weighted by Gasteiger charge is 2.15. The van der Waals surface area contributed by atoms with E-state index in [1.54, 1.807) is 0 Å². The van der Waals surface area contributed by atoms with Gasteiger partial charge < -0.3 is 9.73 Å². The standard InChI is InChI=1S/C17H23NO/c1-11-7-6-8-16(9-11)13(3)18-14(4)17-10-12(2)19-15(17)5/h6-10,13-14,18H,1-5H3/t13-,14?/m1/s1. The molecule has 0 saturated heterocycles. The second-order valence-electron chi connectivity index (χ2n) is 5.39. The Morgan fingerprint density at radius 2 is 1.74 bits per heavy atom. The molecule has 2 nitrogen and oxygen atoms in total. The molecular weight excluding hydrogens is 234 g/mol. The van der Waals surface area contributed by atoms with Crippen molar-refractivity contribution >= 4 is 0 Å². The van der Waals surface area contributed by atoms with Crippen LogP contribution in [-0.2, 0) is 0 Å². The van der Waals surface area contributed by atoms with E-state index in [9.17, 15) is 0 Å². The molecule has 2 atom stereocenters. The van der Waals surface area contributed by atoms with Gasteiger partial charge in [0.15, 0.2) is 0 Å². The molecule has 1 aromatic heterocycles. The van der Waals surface area contributed by atoms with Gasteiger partial charge in [0.2, 0.25) is 0 Å². The second-order valence-corrected chi connectivity index (χ2v) is 5.39. The third-order valence-electron chi connectivity index (χ3n) is 3.59. The maximum absolute atomic E-state index is 5.60. The number of nitrogens with one attached hydrogen (secondary N) is 1. The summed E-state index contributed by atoms with van der Waals surface area (Å²) >= 11 is 0. The molecular formula is C17H23NO. The Balaban J connectivity index is 2.10. The quantitative estimate of drug-likeness (QED) is 0.864. The van der Waals surface area contributed by atoms with E-state index in [0.717, 1.165) is 11.5 Å². The summed E-state index contributed by atoms with van der Waals surface area (Å²) in [5.74, 6) is 1.98. The lowest BCUT2D eigenvalue weighted by atomic mass is 10.0. The van der Waals surface area contributed by atoms with Crippen molar-refractivity contribution in [1.29, 1.82) is 0 Å². The van der Waals surface area contributed by atoms with E-state index in [0.29, 0.717) is 6.04 Å². The minimum absolute atomic E-state index is 0.285. The zero-order valence-electron chi connectivity index (χ0n) is 12.4. The third-order valence-corrected chi connectivity index (χ3v) is 3.59. The lowest BCUT2D eigenvalue weighted by molar-refractivity contribution is 0.469. The van der Waals surface area contributed by atoms with Crippen molar-refractivity contribution in [2.75, 3.05) is 0 Å². The molecule has 1 aromatic carbocycles. The van der Waals surface area contributed by atoms with Gasteiger partial charge in [-0.05, 0) is 46.2 Å². The van der Waals surface area contributed by atoms with Crippen LogP contribution < -0.4 is 5.32 Å². The molecule has 2 rings (SSSR count). The molecule has 0 amide bonds.